The Balaban J connectivity index is -0.0000000315. The van der Waals surface area contributed by atoms with Crippen LogP contribution in [0.15, 0.2) is 0 Å². The molecule has 0 heterocycles. The van der Waals surface area contributed by atoms with E-state index in [2.05, 4.69) is 0 Å². The molecule has 0 unspecified atom stereocenters. The number of nitriles is 1. The number of aliphatic carboxylic acids is 3. The molecule has 9 heteroatoms. The number of hydrogen-bond donors (Lipinski definition) is 3. The summed E-state index contributed by atoms with van der Waals surface area (Å²) in [6.45, 7) is 2.17. The van der Waals surface area contributed by atoms with Crippen molar-refractivity contribution in [3.8, 4) is 6.07 Å². The molecular formula is C6H12NNaO7. The first-order valence-electron chi connectivity index (χ1n) is 2.76. The van der Waals surface area contributed by atoms with Crippen molar-refractivity contribution in [2.45, 2.75) is 13.8 Å². The summed E-state index contributed by atoms with van der Waals surface area (Å²) in [7, 11) is 0. The molecule has 0 aromatic heterocycles. The van der Waals surface area contributed by atoms with Gasteiger partial charge in [-0.2, -0.15) is 5.26 Å². The predicted molar refractivity (Wildman–Crippen MR) is 50.6 cm³/mol. The Morgan fingerprint density at radius 2 is 1.07 bits per heavy atom. The van der Waals surface area contributed by atoms with E-state index in [9.17, 15) is 0 Å². The number of rotatable bonds is 0. The maximum atomic E-state index is 9.01. The number of nitrogens with zero attached hydrogens (tertiary/aromatic N) is 1. The first kappa shape index (κ1) is 29.2. The van der Waals surface area contributed by atoms with Crippen LogP contribution in [0.1, 0.15) is 13.8 Å². The first-order valence-corrected chi connectivity index (χ1v) is 2.76. The van der Waals surface area contributed by atoms with Gasteiger partial charge in [-0.15, -0.1) is 0 Å². The molecule has 0 aromatic rings. The molecule has 0 saturated carbocycles. The van der Waals surface area contributed by atoms with Gasteiger partial charge in [-0.3, -0.25) is 9.59 Å². The monoisotopic (exact) mass is 233 g/mol. The van der Waals surface area contributed by atoms with E-state index in [1.807, 2.05) is 0 Å². The molecular weight excluding hydrogens is 221 g/mol. The van der Waals surface area contributed by atoms with Crippen molar-refractivity contribution in [3.05, 3.63) is 0 Å². The zero-order chi connectivity index (χ0) is 11.4. The average Bonchev–Trinajstić information content (AvgIpc) is 1.84. The van der Waals surface area contributed by atoms with Crippen LogP contribution in [-0.2, 0) is 14.4 Å². The molecule has 0 aliphatic carbocycles. The van der Waals surface area contributed by atoms with Crippen molar-refractivity contribution in [3.63, 3.8) is 0 Å². The third kappa shape index (κ3) is 2050. The fraction of sp³-hybridized carbons (Fsp3) is 0.333. The van der Waals surface area contributed by atoms with Gasteiger partial charge in [0.25, 0.3) is 11.9 Å². The molecule has 84 valence electrons. The van der Waals surface area contributed by atoms with Crippen molar-refractivity contribution in [1.82, 2.24) is 0 Å². The Hall–Kier alpha value is -1.14. The Morgan fingerprint density at radius 3 is 1.07 bits per heavy atom. The molecule has 0 aliphatic heterocycles. The number of hydrogen-bond acceptors (Lipinski definition) is 4. The molecule has 0 fully saturated rings. The average molecular weight is 233 g/mol. The van der Waals surface area contributed by atoms with Crippen molar-refractivity contribution < 1.29 is 35.2 Å². The molecule has 0 rings (SSSR count). The van der Waals surface area contributed by atoms with E-state index in [-0.39, 0.29) is 35.0 Å². The van der Waals surface area contributed by atoms with Gasteiger partial charge in [-0.05, 0) is 0 Å². The van der Waals surface area contributed by atoms with Gasteiger partial charge in [0.1, 0.15) is 0 Å². The van der Waals surface area contributed by atoms with Crippen molar-refractivity contribution in [2.24, 2.45) is 0 Å². The van der Waals surface area contributed by atoms with Crippen LogP contribution in [0.3, 0.4) is 0 Å². The fourth-order valence-corrected chi connectivity index (χ4v) is 0. The van der Waals surface area contributed by atoms with Gasteiger partial charge >= 0.3 is 35.5 Å². The fourth-order valence-electron chi connectivity index (χ4n) is 0. The summed E-state index contributed by atoms with van der Waals surface area (Å²) in [5, 5.41) is 29.5. The molecule has 0 saturated heterocycles. The van der Waals surface area contributed by atoms with Crippen molar-refractivity contribution in [1.29, 1.82) is 5.26 Å². The third-order valence-electron chi connectivity index (χ3n) is 0.0956. The van der Waals surface area contributed by atoms with Crippen molar-refractivity contribution >= 4 is 47.5 Å². The first-order chi connectivity index (χ1) is 5.73. The summed E-state index contributed by atoms with van der Waals surface area (Å²) in [4.78, 5) is 27.0. The second-order valence-corrected chi connectivity index (χ2v) is 1.45. The molecule has 0 radical (unpaired) electrons. The molecule has 0 aromatic carbocycles. The molecule has 0 aliphatic rings. The van der Waals surface area contributed by atoms with E-state index >= 15 is 0 Å². The summed E-state index contributed by atoms with van der Waals surface area (Å²) >= 11 is 0. The Bertz CT molecular complexity index is 202. The number of carboxylic acids is 3. The van der Waals surface area contributed by atoms with Gasteiger partial charge in [0.05, 0.1) is 0 Å². The van der Waals surface area contributed by atoms with E-state index in [4.69, 9.17) is 35.0 Å². The predicted octanol–water partition coefficient (Wildman–Crippen LogP) is -1.70. The van der Waals surface area contributed by atoms with E-state index in [0.717, 1.165) is 19.9 Å². The minimum absolute atomic E-state index is 0. The van der Waals surface area contributed by atoms with Gasteiger partial charge in [0, 0.05) is 13.8 Å². The summed E-state index contributed by atoms with van der Waals surface area (Å²) in [5.41, 5.74) is 0. The second kappa shape index (κ2) is 23.0. The molecule has 0 amide bonds. The van der Waals surface area contributed by atoms with Crippen LogP contribution in [0.2, 0.25) is 0 Å². The van der Waals surface area contributed by atoms with Gasteiger partial charge < -0.3 is 20.8 Å². The van der Waals surface area contributed by atoms with Crippen LogP contribution in [0, 0.1) is 11.3 Å². The van der Waals surface area contributed by atoms with E-state index in [0.29, 0.717) is 0 Å². The summed E-state index contributed by atoms with van der Waals surface area (Å²) in [6, 6.07) is 0.944. The summed E-state index contributed by atoms with van der Waals surface area (Å²) in [5.74, 6) is -3.11. The Morgan fingerprint density at radius 1 is 1.00 bits per heavy atom. The molecule has 8 nitrogen and oxygen atoms in total. The van der Waals surface area contributed by atoms with Gasteiger partial charge in [0.15, 0.2) is 6.07 Å². The van der Waals surface area contributed by atoms with Crippen LogP contribution in [0.5, 0.6) is 0 Å². The van der Waals surface area contributed by atoms with Crippen LogP contribution in [-0.4, -0.2) is 68.3 Å². The van der Waals surface area contributed by atoms with Crippen LogP contribution in [0.4, 0.5) is 0 Å². The number of carbonyl (C=O) groups is 3. The van der Waals surface area contributed by atoms with Gasteiger partial charge in [0.2, 0.25) is 0 Å². The van der Waals surface area contributed by atoms with E-state index in [1.165, 1.54) is 0 Å². The molecule has 15 heavy (non-hydrogen) atoms. The minimum atomic E-state index is -1.44. The van der Waals surface area contributed by atoms with Crippen molar-refractivity contribution in [2.75, 3.05) is 0 Å². The van der Waals surface area contributed by atoms with E-state index < -0.39 is 17.9 Å². The molecule has 0 spiro atoms. The van der Waals surface area contributed by atoms with Gasteiger partial charge in [-0.1, -0.05) is 0 Å². The zero-order valence-corrected chi connectivity index (χ0v) is 7.51. The topological polar surface area (TPSA) is 167 Å². The second-order valence-electron chi connectivity index (χ2n) is 1.45. The molecule has 0 bridgehead atoms. The Kier molecular flexibility index (Phi) is 44.9. The van der Waals surface area contributed by atoms with Crippen LogP contribution < -0.4 is 0 Å². The standard InChI is InChI=1S/C2HNO2.2C2H4O2.Na.H2O.H/c3-1-2(4)5;2*1-2(3)4;;;/h(H,4,5);2*1H3,(H,3,4);;1H2;. The third-order valence-corrected chi connectivity index (χ3v) is 0.0956. The SMILES string of the molecule is CC(=O)O.CC(=O)O.N#CC(=O)O.O.[NaH]. The summed E-state index contributed by atoms with van der Waals surface area (Å²) < 4.78 is 0. The van der Waals surface area contributed by atoms with Gasteiger partial charge in [-0.25, -0.2) is 4.79 Å². The zero-order valence-electron chi connectivity index (χ0n) is 7.51. The molecule has 5 N–H and O–H groups in total. The molecule has 0 atom stereocenters. The Labute approximate surface area is 108 Å². The number of carboxylic acid groups (broad SMARTS) is 3. The normalized spacial score (nSPS) is 5.13. The maximum absolute atomic E-state index is 9.01. The van der Waals surface area contributed by atoms with Crippen LogP contribution >= 0.6 is 0 Å². The quantitative estimate of drug-likeness (QED) is 0.254. The summed E-state index contributed by atoms with van der Waals surface area (Å²) in [6.07, 6.45) is 0. The van der Waals surface area contributed by atoms with E-state index in [1.54, 1.807) is 0 Å². The van der Waals surface area contributed by atoms with Crippen LogP contribution in [0.25, 0.3) is 0 Å².